The van der Waals surface area contributed by atoms with Gasteiger partial charge in [0, 0.05) is 0 Å². The SMILES string of the molecule is C[Si](C)(C)O[Si](C)(C)O[Si](O[Si](C)(C)O[Si](O[Si](C)(C)C)(c1ccccc1)c1ccccc1)(c1ccccc1)c1ccccc1. The van der Waals surface area contributed by atoms with E-state index < -0.39 is 50.9 Å². The van der Waals surface area contributed by atoms with Crippen LogP contribution in [0.5, 0.6) is 0 Å². The van der Waals surface area contributed by atoms with Crippen LogP contribution in [0.25, 0.3) is 0 Å². The topological polar surface area (TPSA) is 46.2 Å². The minimum Gasteiger partial charge on any atom is -0.437 e. The second kappa shape index (κ2) is 14.0. The van der Waals surface area contributed by atoms with Gasteiger partial charge in [0.25, 0.3) is 0 Å². The summed E-state index contributed by atoms with van der Waals surface area (Å²) >= 11 is 0. The molecule has 0 spiro atoms. The van der Waals surface area contributed by atoms with Gasteiger partial charge in [-0.25, -0.2) is 0 Å². The molecule has 4 aromatic carbocycles. The van der Waals surface area contributed by atoms with E-state index >= 15 is 0 Å². The molecule has 11 heteroatoms. The summed E-state index contributed by atoms with van der Waals surface area (Å²) in [5.41, 5.74) is 0. The predicted octanol–water partition coefficient (Wildman–Crippen LogP) is 6.66. The molecule has 0 aliphatic rings. The molecule has 0 aliphatic carbocycles. The summed E-state index contributed by atoms with van der Waals surface area (Å²) in [4.78, 5) is 0. The van der Waals surface area contributed by atoms with Crippen molar-refractivity contribution >= 4 is 71.6 Å². The van der Waals surface area contributed by atoms with Crippen LogP contribution in [0.1, 0.15) is 0 Å². The van der Waals surface area contributed by atoms with E-state index in [4.69, 9.17) is 20.6 Å². The number of hydrogen-bond donors (Lipinski definition) is 0. The monoisotopic (exact) mass is 706 g/mol. The first kappa shape index (κ1) is 35.8. The quantitative estimate of drug-likeness (QED) is 0.137. The molecule has 0 heterocycles. The predicted molar refractivity (Wildman–Crippen MR) is 203 cm³/mol. The largest absolute Gasteiger partial charge is 0.437 e. The van der Waals surface area contributed by atoms with Crippen LogP contribution >= 0.6 is 0 Å². The molecule has 0 saturated heterocycles. The summed E-state index contributed by atoms with van der Waals surface area (Å²) in [5.74, 6) is 0. The highest BCUT2D eigenvalue weighted by molar-refractivity contribution is 7.05. The molecular formula is C34H50O5Si6. The molecule has 0 N–H and O–H groups in total. The molecule has 0 aliphatic heterocycles. The molecule has 0 radical (unpaired) electrons. The van der Waals surface area contributed by atoms with Gasteiger partial charge in [0.2, 0.25) is 0 Å². The lowest BCUT2D eigenvalue weighted by Gasteiger charge is -2.46. The van der Waals surface area contributed by atoms with Gasteiger partial charge >= 0.3 is 34.2 Å². The van der Waals surface area contributed by atoms with E-state index in [9.17, 15) is 0 Å². The Hall–Kier alpha value is -2.02. The van der Waals surface area contributed by atoms with Crippen molar-refractivity contribution in [2.24, 2.45) is 0 Å². The minimum atomic E-state index is -3.40. The third kappa shape index (κ3) is 9.51. The van der Waals surface area contributed by atoms with Crippen LogP contribution in [-0.2, 0) is 20.6 Å². The molecule has 0 amide bonds. The highest BCUT2D eigenvalue weighted by atomic mass is 28.5. The highest BCUT2D eigenvalue weighted by Crippen LogP contribution is 2.28. The lowest BCUT2D eigenvalue weighted by molar-refractivity contribution is 0.296. The molecule has 0 bridgehead atoms. The average Bonchev–Trinajstić information content (AvgIpc) is 2.96. The fraction of sp³-hybridized carbons (Fsp3) is 0.294. The Morgan fingerprint density at radius 3 is 0.756 bits per heavy atom. The summed E-state index contributed by atoms with van der Waals surface area (Å²) in [5, 5.41) is 4.23. The summed E-state index contributed by atoms with van der Waals surface area (Å²) in [6.07, 6.45) is 0. The van der Waals surface area contributed by atoms with Crippen LogP contribution < -0.4 is 20.7 Å². The maximum atomic E-state index is 7.63. The minimum absolute atomic E-state index is 1.04. The number of rotatable bonds is 14. The van der Waals surface area contributed by atoms with E-state index in [0.717, 1.165) is 20.7 Å². The first-order valence-electron chi connectivity index (χ1n) is 15.7. The van der Waals surface area contributed by atoms with Crippen molar-refractivity contribution in [2.75, 3.05) is 0 Å². The van der Waals surface area contributed by atoms with Crippen molar-refractivity contribution in [3.05, 3.63) is 121 Å². The standard InChI is InChI=1S/C34H50O5Si6/c1-40(2,3)35-42(7,8)37-45(33-27-19-13-20-28-33,34-29-21-14-22-30-34)39-43(9,10)38-44(36-41(4,5)6,31-23-15-11-16-24-31)32-25-17-12-18-26-32/h11-30H,1-10H3. The Bertz CT molecular complexity index is 1410. The zero-order valence-electron chi connectivity index (χ0n) is 28.6. The molecule has 240 valence electrons. The van der Waals surface area contributed by atoms with Crippen LogP contribution in [0.3, 0.4) is 0 Å². The van der Waals surface area contributed by atoms with Crippen LogP contribution in [0.2, 0.25) is 65.5 Å². The van der Waals surface area contributed by atoms with E-state index in [1.807, 2.05) is 24.3 Å². The van der Waals surface area contributed by atoms with Gasteiger partial charge in [0.05, 0.1) is 0 Å². The van der Waals surface area contributed by atoms with Gasteiger partial charge in [-0.3, -0.25) is 0 Å². The molecule has 0 aromatic heterocycles. The summed E-state index contributed by atoms with van der Waals surface area (Å²) in [6.45, 7) is 22.0. The molecule has 0 atom stereocenters. The van der Waals surface area contributed by atoms with Crippen LogP contribution in [0.4, 0.5) is 0 Å². The average molecular weight is 707 g/mol. The first-order chi connectivity index (χ1) is 21.0. The van der Waals surface area contributed by atoms with E-state index in [-0.39, 0.29) is 0 Å². The zero-order valence-corrected chi connectivity index (χ0v) is 34.6. The molecular weight excluding hydrogens is 657 g/mol. The zero-order chi connectivity index (χ0) is 33.0. The Labute approximate surface area is 277 Å². The summed E-state index contributed by atoms with van der Waals surface area (Å²) in [6, 6.07) is 41.9. The molecule has 0 fully saturated rings. The van der Waals surface area contributed by atoms with Crippen molar-refractivity contribution in [3.8, 4) is 0 Å². The Kier molecular flexibility index (Phi) is 11.1. The van der Waals surface area contributed by atoms with Gasteiger partial charge in [0.15, 0.2) is 16.6 Å². The van der Waals surface area contributed by atoms with Gasteiger partial charge in [0.1, 0.15) is 0 Å². The van der Waals surface area contributed by atoms with E-state index in [1.165, 1.54) is 0 Å². The van der Waals surface area contributed by atoms with Crippen LogP contribution in [0, 0.1) is 0 Å². The lowest BCUT2D eigenvalue weighted by Crippen LogP contribution is -2.75. The number of benzene rings is 4. The summed E-state index contributed by atoms with van der Waals surface area (Å²) < 4.78 is 36.8. The molecule has 5 nitrogen and oxygen atoms in total. The van der Waals surface area contributed by atoms with Gasteiger partial charge in [-0.2, -0.15) is 0 Å². The second-order valence-electron chi connectivity index (χ2n) is 14.2. The fourth-order valence-corrected chi connectivity index (χ4v) is 32.5. The van der Waals surface area contributed by atoms with Gasteiger partial charge < -0.3 is 20.6 Å². The van der Waals surface area contributed by atoms with Gasteiger partial charge in [-0.05, 0) is 86.2 Å². The summed E-state index contributed by atoms with van der Waals surface area (Å²) in [7, 11) is -16.5. The lowest BCUT2D eigenvalue weighted by atomic mass is 10.4. The van der Waals surface area contributed by atoms with Crippen molar-refractivity contribution < 1.29 is 20.6 Å². The van der Waals surface area contributed by atoms with Crippen molar-refractivity contribution in [1.29, 1.82) is 0 Å². The van der Waals surface area contributed by atoms with Crippen molar-refractivity contribution in [2.45, 2.75) is 65.5 Å². The van der Waals surface area contributed by atoms with Crippen LogP contribution in [-0.4, -0.2) is 50.9 Å². The Balaban J connectivity index is 1.94. The first-order valence-corrected chi connectivity index (χ1v) is 31.8. The fourth-order valence-electron chi connectivity index (χ4n) is 5.73. The highest BCUT2D eigenvalue weighted by Gasteiger charge is 2.56. The molecule has 4 aromatic rings. The molecule has 4 rings (SSSR count). The normalized spacial score (nSPS) is 13.6. The smallest absolute Gasteiger partial charge is 0.389 e. The number of hydrogen-bond acceptors (Lipinski definition) is 5. The third-order valence-corrected chi connectivity index (χ3v) is 28.5. The van der Waals surface area contributed by atoms with E-state index in [0.29, 0.717) is 0 Å². The Morgan fingerprint density at radius 2 is 0.511 bits per heavy atom. The van der Waals surface area contributed by atoms with Crippen molar-refractivity contribution in [1.82, 2.24) is 0 Å². The van der Waals surface area contributed by atoms with Crippen LogP contribution in [0.15, 0.2) is 121 Å². The maximum absolute atomic E-state index is 7.63. The Morgan fingerprint density at radius 1 is 0.289 bits per heavy atom. The maximum Gasteiger partial charge on any atom is 0.389 e. The van der Waals surface area contributed by atoms with Gasteiger partial charge in [-0.1, -0.05) is 121 Å². The van der Waals surface area contributed by atoms with E-state index in [2.05, 4.69) is 163 Å². The second-order valence-corrected chi connectivity index (χ2v) is 37.1. The molecule has 0 unspecified atom stereocenters. The van der Waals surface area contributed by atoms with Crippen molar-refractivity contribution in [3.63, 3.8) is 0 Å². The molecule has 0 saturated carbocycles. The van der Waals surface area contributed by atoms with Gasteiger partial charge in [-0.15, -0.1) is 0 Å². The third-order valence-electron chi connectivity index (χ3n) is 6.79. The molecule has 45 heavy (non-hydrogen) atoms. The van der Waals surface area contributed by atoms with E-state index in [1.54, 1.807) is 0 Å².